The summed E-state index contributed by atoms with van der Waals surface area (Å²) >= 11 is 1.33. The van der Waals surface area contributed by atoms with Crippen LogP contribution in [0.1, 0.15) is 9.67 Å². The maximum atomic E-state index is 11.4. The van der Waals surface area contributed by atoms with E-state index in [1.807, 2.05) is 0 Å². The topological polar surface area (TPSA) is 61.8 Å². The van der Waals surface area contributed by atoms with Gasteiger partial charge in [0, 0.05) is 14.1 Å². The molecule has 1 heterocycles. The van der Waals surface area contributed by atoms with Crippen molar-refractivity contribution in [2.24, 2.45) is 5.10 Å². The third-order valence-electron chi connectivity index (χ3n) is 1.51. The lowest BCUT2D eigenvalue weighted by Crippen LogP contribution is -2.31. The summed E-state index contributed by atoms with van der Waals surface area (Å²) in [4.78, 5) is 24.3. The number of thiophene rings is 1. The maximum Gasteiger partial charge on any atom is 0.337 e. The van der Waals surface area contributed by atoms with Gasteiger partial charge in [0.15, 0.2) is 0 Å². The Kier molecular flexibility index (Phi) is 3.99. The van der Waals surface area contributed by atoms with Crippen LogP contribution in [0.5, 0.6) is 0 Å². The Morgan fingerprint density at radius 2 is 2.27 bits per heavy atom. The van der Waals surface area contributed by atoms with Crippen LogP contribution < -0.4 is 5.43 Å². The minimum absolute atomic E-state index is 0.218. The zero-order chi connectivity index (χ0) is 11.3. The smallest absolute Gasteiger partial charge is 0.329 e. The lowest BCUT2D eigenvalue weighted by molar-refractivity contribution is 0.107. The molecule has 2 amide bonds. The van der Waals surface area contributed by atoms with Gasteiger partial charge in [-0.1, -0.05) is 6.07 Å². The van der Waals surface area contributed by atoms with Gasteiger partial charge < -0.3 is 4.90 Å². The van der Waals surface area contributed by atoms with Gasteiger partial charge in [-0.15, -0.1) is 11.3 Å². The van der Waals surface area contributed by atoms with E-state index in [9.17, 15) is 9.59 Å². The van der Waals surface area contributed by atoms with E-state index in [1.54, 1.807) is 31.6 Å². The number of rotatable bonds is 3. The van der Waals surface area contributed by atoms with Gasteiger partial charge in [0.05, 0.1) is 11.1 Å². The number of hydrazone groups is 1. The molecule has 0 aliphatic rings. The lowest BCUT2D eigenvalue weighted by atomic mass is 10.3. The predicted molar refractivity (Wildman–Crippen MR) is 59.4 cm³/mol. The van der Waals surface area contributed by atoms with Crippen molar-refractivity contribution in [2.75, 3.05) is 14.1 Å². The molecule has 0 radical (unpaired) electrons. The van der Waals surface area contributed by atoms with Crippen LogP contribution >= 0.6 is 11.3 Å². The number of carbonyl (C=O) groups excluding carboxylic acids is 2. The van der Waals surface area contributed by atoms with E-state index in [0.717, 1.165) is 6.21 Å². The van der Waals surface area contributed by atoms with Crippen molar-refractivity contribution in [1.82, 2.24) is 10.3 Å². The first-order chi connectivity index (χ1) is 7.11. The summed E-state index contributed by atoms with van der Waals surface area (Å²) in [7, 11) is 3.18. The summed E-state index contributed by atoms with van der Waals surface area (Å²) in [5, 5.41) is 5.34. The molecule has 80 valence electrons. The van der Waals surface area contributed by atoms with Crippen LogP contribution in [0.15, 0.2) is 22.6 Å². The Labute approximate surface area is 91.4 Å². The minimum atomic E-state index is -0.370. The summed E-state index contributed by atoms with van der Waals surface area (Å²) in [5.41, 5.74) is 2.22. The SMILES string of the molecule is CN(C)C(=O)N/N=C/C(=O)c1cccs1. The number of hydrogen-bond donors (Lipinski definition) is 1. The van der Waals surface area contributed by atoms with E-state index >= 15 is 0 Å². The fraction of sp³-hybridized carbons (Fsp3) is 0.222. The Morgan fingerprint density at radius 1 is 1.53 bits per heavy atom. The molecule has 0 unspecified atom stereocenters. The molecule has 1 N–H and O–H groups in total. The van der Waals surface area contributed by atoms with Gasteiger partial charge in [0.2, 0.25) is 5.78 Å². The number of nitrogens with one attached hydrogen (secondary N) is 1. The summed E-state index contributed by atoms with van der Waals surface area (Å²) in [6, 6.07) is 3.11. The highest BCUT2D eigenvalue weighted by Gasteiger charge is 2.03. The van der Waals surface area contributed by atoms with Gasteiger partial charge in [0.25, 0.3) is 0 Å². The number of nitrogens with zero attached hydrogens (tertiary/aromatic N) is 2. The highest BCUT2D eigenvalue weighted by molar-refractivity contribution is 7.12. The van der Waals surface area contributed by atoms with Crippen LogP contribution in [0, 0.1) is 0 Å². The van der Waals surface area contributed by atoms with Gasteiger partial charge in [-0.25, -0.2) is 10.2 Å². The largest absolute Gasteiger partial charge is 0.337 e. The van der Waals surface area contributed by atoms with Crippen molar-refractivity contribution < 1.29 is 9.59 Å². The first-order valence-electron chi connectivity index (χ1n) is 4.19. The Hall–Kier alpha value is -1.69. The molecule has 6 heteroatoms. The van der Waals surface area contributed by atoms with Crippen LogP contribution in [0.25, 0.3) is 0 Å². The Morgan fingerprint density at radius 3 is 2.80 bits per heavy atom. The number of urea groups is 1. The molecule has 1 aromatic heterocycles. The second kappa shape index (κ2) is 5.26. The second-order valence-electron chi connectivity index (χ2n) is 2.91. The minimum Gasteiger partial charge on any atom is -0.329 e. The molecule has 0 aromatic carbocycles. The molecular formula is C9H11N3O2S. The summed E-state index contributed by atoms with van der Waals surface area (Å²) in [6.07, 6.45) is 1.09. The molecule has 0 aliphatic heterocycles. The third-order valence-corrected chi connectivity index (χ3v) is 2.40. The molecule has 0 fully saturated rings. The van der Waals surface area contributed by atoms with E-state index in [1.165, 1.54) is 16.2 Å². The molecule has 0 saturated heterocycles. The number of hydrogen-bond acceptors (Lipinski definition) is 4. The second-order valence-corrected chi connectivity index (χ2v) is 3.86. The average Bonchev–Trinajstić information content (AvgIpc) is 2.70. The number of ketones is 1. The van der Waals surface area contributed by atoms with Gasteiger partial charge in [-0.2, -0.15) is 5.10 Å². The standard InChI is InChI=1S/C9H11N3O2S/c1-12(2)9(14)11-10-6-7(13)8-4-3-5-15-8/h3-6H,1-2H3,(H,11,14)/b10-6+. The molecule has 0 bridgehead atoms. The summed E-state index contributed by atoms with van der Waals surface area (Å²) < 4.78 is 0. The molecule has 1 rings (SSSR count). The van der Waals surface area contributed by atoms with Crippen LogP contribution in [-0.4, -0.2) is 37.0 Å². The van der Waals surface area contributed by atoms with Crippen molar-refractivity contribution in [3.8, 4) is 0 Å². The maximum absolute atomic E-state index is 11.4. The highest BCUT2D eigenvalue weighted by atomic mass is 32.1. The molecule has 5 nitrogen and oxygen atoms in total. The van der Waals surface area contributed by atoms with E-state index in [0.29, 0.717) is 4.88 Å². The van der Waals surface area contributed by atoms with Crippen molar-refractivity contribution in [3.63, 3.8) is 0 Å². The number of carbonyl (C=O) groups is 2. The van der Waals surface area contributed by atoms with E-state index in [-0.39, 0.29) is 11.8 Å². The Balaban J connectivity index is 2.46. The zero-order valence-corrected chi connectivity index (χ0v) is 9.25. The van der Waals surface area contributed by atoms with Crippen LogP contribution in [0.2, 0.25) is 0 Å². The third kappa shape index (κ3) is 3.51. The quantitative estimate of drug-likeness (QED) is 0.477. The van der Waals surface area contributed by atoms with Crippen LogP contribution in [0.3, 0.4) is 0 Å². The monoisotopic (exact) mass is 225 g/mol. The molecule has 15 heavy (non-hydrogen) atoms. The van der Waals surface area contributed by atoms with Crippen molar-refractivity contribution >= 4 is 29.4 Å². The van der Waals surface area contributed by atoms with E-state index < -0.39 is 0 Å². The Bertz CT molecular complexity index is 371. The first kappa shape index (κ1) is 11.4. The van der Waals surface area contributed by atoms with Gasteiger partial charge >= 0.3 is 6.03 Å². The van der Waals surface area contributed by atoms with Crippen LogP contribution in [0.4, 0.5) is 4.79 Å². The average molecular weight is 225 g/mol. The first-order valence-corrected chi connectivity index (χ1v) is 5.07. The molecule has 0 saturated carbocycles. The molecule has 1 aromatic rings. The lowest BCUT2D eigenvalue weighted by Gasteiger charge is -2.07. The normalized spacial score (nSPS) is 10.3. The molecule has 0 aliphatic carbocycles. The zero-order valence-electron chi connectivity index (χ0n) is 8.43. The van der Waals surface area contributed by atoms with Crippen molar-refractivity contribution in [1.29, 1.82) is 0 Å². The fourth-order valence-electron chi connectivity index (χ4n) is 0.729. The highest BCUT2D eigenvalue weighted by Crippen LogP contribution is 2.07. The van der Waals surface area contributed by atoms with E-state index in [2.05, 4.69) is 10.5 Å². The fourth-order valence-corrected chi connectivity index (χ4v) is 1.36. The van der Waals surface area contributed by atoms with Gasteiger partial charge in [-0.05, 0) is 11.4 Å². The molecular weight excluding hydrogens is 214 g/mol. The molecule has 0 spiro atoms. The number of Topliss-reactive ketones (excluding diaryl/α,β-unsaturated/α-hetero) is 1. The van der Waals surface area contributed by atoms with Gasteiger partial charge in [-0.3, -0.25) is 4.79 Å². The summed E-state index contributed by atoms with van der Waals surface area (Å²) in [5.74, 6) is -0.218. The predicted octanol–water partition coefficient (Wildman–Crippen LogP) is 1.19. The van der Waals surface area contributed by atoms with Crippen molar-refractivity contribution in [3.05, 3.63) is 22.4 Å². The number of amides is 2. The molecule has 0 atom stereocenters. The van der Waals surface area contributed by atoms with Crippen molar-refractivity contribution in [2.45, 2.75) is 0 Å². The van der Waals surface area contributed by atoms with Crippen LogP contribution in [-0.2, 0) is 0 Å². The summed E-state index contributed by atoms with van der Waals surface area (Å²) in [6.45, 7) is 0. The van der Waals surface area contributed by atoms with E-state index in [4.69, 9.17) is 0 Å². The van der Waals surface area contributed by atoms with Gasteiger partial charge in [0.1, 0.15) is 0 Å².